The Balaban J connectivity index is 1.75. The second kappa shape index (κ2) is 4.72. The van der Waals surface area contributed by atoms with Gasteiger partial charge < -0.3 is 10.2 Å². The number of nitrogens with one attached hydrogen (secondary N) is 1. The lowest BCUT2D eigenvalue weighted by Crippen LogP contribution is -2.30. The van der Waals surface area contributed by atoms with E-state index in [0.717, 1.165) is 25.3 Å². The molecule has 1 N–H and O–H groups in total. The van der Waals surface area contributed by atoms with E-state index in [1.54, 1.807) is 11.0 Å². The molecule has 15 heavy (non-hydrogen) atoms. The van der Waals surface area contributed by atoms with Crippen LogP contribution in [0.2, 0.25) is 0 Å². The smallest absolute Gasteiger partial charge is 0.151 e. The quantitative estimate of drug-likeness (QED) is 0.736. The predicted octanol–water partition coefficient (Wildman–Crippen LogP) is -0.349. The average molecular weight is 209 g/mol. The van der Waals surface area contributed by atoms with E-state index in [4.69, 9.17) is 0 Å². The van der Waals surface area contributed by atoms with Gasteiger partial charge in [0.25, 0.3) is 0 Å². The second-order valence-electron chi connectivity index (χ2n) is 4.16. The zero-order valence-electron chi connectivity index (χ0n) is 9.48. The first-order chi connectivity index (χ1) is 7.28. The molecule has 5 heteroatoms. The summed E-state index contributed by atoms with van der Waals surface area (Å²) in [5.74, 6) is 0.949. The fourth-order valence-corrected chi connectivity index (χ4v) is 2.03. The van der Waals surface area contributed by atoms with Gasteiger partial charge in [-0.25, -0.2) is 4.98 Å². The van der Waals surface area contributed by atoms with Gasteiger partial charge in [-0.2, -0.15) is 5.10 Å². The van der Waals surface area contributed by atoms with Crippen LogP contribution < -0.4 is 5.32 Å². The molecule has 84 valence electrons. The second-order valence-corrected chi connectivity index (χ2v) is 4.16. The molecule has 1 saturated heterocycles. The summed E-state index contributed by atoms with van der Waals surface area (Å²) in [7, 11) is 3.94. The number of hydrogen-bond acceptors (Lipinski definition) is 4. The summed E-state index contributed by atoms with van der Waals surface area (Å²) < 4.78 is 1.76. The number of rotatable bonds is 4. The highest BCUT2D eigenvalue weighted by Gasteiger charge is 2.20. The van der Waals surface area contributed by atoms with Gasteiger partial charge in [0.05, 0.1) is 0 Å². The monoisotopic (exact) mass is 209 g/mol. The van der Waals surface area contributed by atoms with Crippen molar-refractivity contribution in [3.63, 3.8) is 0 Å². The normalized spacial score (nSPS) is 22.4. The van der Waals surface area contributed by atoms with Crippen LogP contribution >= 0.6 is 0 Å². The number of nitrogens with zero attached hydrogens (tertiary/aromatic N) is 4. The molecule has 0 aromatic carbocycles. The third-order valence-corrected chi connectivity index (χ3v) is 2.98. The predicted molar refractivity (Wildman–Crippen MR) is 58.6 cm³/mol. The van der Waals surface area contributed by atoms with Gasteiger partial charge in [0, 0.05) is 32.6 Å². The molecule has 0 spiro atoms. The van der Waals surface area contributed by atoms with Crippen LogP contribution in [0.3, 0.4) is 0 Å². The van der Waals surface area contributed by atoms with Crippen molar-refractivity contribution in [1.29, 1.82) is 0 Å². The Morgan fingerprint density at radius 1 is 1.60 bits per heavy atom. The summed E-state index contributed by atoms with van der Waals surface area (Å²) in [6, 6.07) is 0.668. The first-order valence-corrected chi connectivity index (χ1v) is 5.52. The van der Waals surface area contributed by atoms with Gasteiger partial charge in [0.2, 0.25) is 0 Å². The summed E-state index contributed by atoms with van der Waals surface area (Å²) in [6.45, 7) is 3.42. The lowest BCUT2D eigenvalue weighted by atomic mass is 10.3. The first kappa shape index (κ1) is 10.6. The lowest BCUT2D eigenvalue weighted by molar-refractivity contribution is 0.331. The van der Waals surface area contributed by atoms with E-state index in [-0.39, 0.29) is 0 Å². The molecule has 5 nitrogen and oxygen atoms in total. The van der Waals surface area contributed by atoms with Gasteiger partial charge >= 0.3 is 0 Å². The minimum absolute atomic E-state index is 0.668. The average Bonchev–Trinajstić information content (AvgIpc) is 2.83. The highest BCUT2D eigenvalue weighted by Crippen LogP contribution is 2.08. The van der Waals surface area contributed by atoms with Crippen LogP contribution in [0.1, 0.15) is 12.2 Å². The topological polar surface area (TPSA) is 46.0 Å². The van der Waals surface area contributed by atoms with E-state index in [2.05, 4.69) is 20.3 Å². The molecule has 1 atom stereocenters. The molecule has 1 unspecified atom stereocenters. The summed E-state index contributed by atoms with van der Waals surface area (Å²) in [4.78, 5) is 6.70. The fourth-order valence-electron chi connectivity index (χ4n) is 2.03. The van der Waals surface area contributed by atoms with Crippen LogP contribution in [-0.4, -0.2) is 52.4 Å². The Hall–Kier alpha value is -0.940. The third-order valence-electron chi connectivity index (χ3n) is 2.98. The summed E-state index contributed by atoms with van der Waals surface area (Å²) in [5, 5.41) is 7.59. The van der Waals surface area contributed by atoms with E-state index in [0.29, 0.717) is 6.04 Å². The molecule has 1 aromatic heterocycles. The Labute approximate surface area is 90.5 Å². The number of likely N-dealkylation sites (N-methyl/N-ethyl adjacent to an activating group) is 1. The van der Waals surface area contributed by atoms with Crippen molar-refractivity contribution in [2.45, 2.75) is 18.9 Å². The summed E-state index contributed by atoms with van der Waals surface area (Å²) in [5.41, 5.74) is 0. The van der Waals surface area contributed by atoms with Gasteiger partial charge in [0.1, 0.15) is 6.33 Å². The van der Waals surface area contributed by atoms with Crippen LogP contribution in [0.15, 0.2) is 6.33 Å². The molecule has 2 heterocycles. The van der Waals surface area contributed by atoms with Crippen molar-refractivity contribution in [2.75, 3.05) is 26.7 Å². The Morgan fingerprint density at radius 3 is 3.07 bits per heavy atom. The zero-order chi connectivity index (χ0) is 10.7. The molecule has 1 fully saturated rings. The Bertz CT molecular complexity index is 309. The van der Waals surface area contributed by atoms with Crippen LogP contribution in [0.4, 0.5) is 0 Å². The maximum Gasteiger partial charge on any atom is 0.151 e. The lowest BCUT2D eigenvalue weighted by Gasteiger charge is -2.14. The number of aromatic nitrogens is 3. The zero-order valence-corrected chi connectivity index (χ0v) is 9.48. The Morgan fingerprint density at radius 2 is 2.47 bits per heavy atom. The molecule has 1 aliphatic rings. The minimum Gasteiger partial charge on any atom is -0.316 e. The van der Waals surface area contributed by atoms with E-state index in [1.807, 2.05) is 14.1 Å². The fraction of sp³-hybridized carbons (Fsp3) is 0.800. The highest BCUT2D eigenvalue weighted by molar-refractivity contribution is 4.86. The van der Waals surface area contributed by atoms with Crippen LogP contribution in [0.25, 0.3) is 0 Å². The molecule has 0 radical (unpaired) electrons. The maximum atomic E-state index is 4.27. The van der Waals surface area contributed by atoms with Gasteiger partial charge in [-0.3, -0.25) is 4.68 Å². The molecular weight excluding hydrogens is 190 g/mol. The van der Waals surface area contributed by atoms with Crippen molar-refractivity contribution in [1.82, 2.24) is 25.0 Å². The Kier molecular flexibility index (Phi) is 3.33. The molecule has 0 amide bonds. The van der Waals surface area contributed by atoms with E-state index in [1.165, 1.54) is 13.0 Å². The van der Waals surface area contributed by atoms with Crippen LogP contribution in [0.5, 0.6) is 0 Å². The van der Waals surface area contributed by atoms with Crippen molar-refractivity contribution >= 4 is 0 Å². The number of hydrogen-bond donors (Lipinski definition) is 1. The molecular formula is C10H19N5. The SMILES string of the molecule is CNC1CCN(CCc2ncn(C)n2)C1. The van der Waals surface area contributed by atoms with Gasteiger partial charge in [-0.15, -0.1) is 0 Å². The standard InChI is InChI=1S/C10H19N5/c1-11-9-3-5-15(7-9)6-4-10-12-8-14(2)13-10/h8-9,11H,3-7H2,1-2H3. The van der Waals surface area contributed by atoms with Crippen molar-refractivity contribution < 1.29 is 0 Å². The largest absolute Gasteiger partial charge is 0.316 e. The molecule has 0 saturated carbocycles. The third kappa shape index (κ3) is 2.76. The van der Waals surface area contributed by atoms with Gasteiger partial charge in [-0.1, -0.05) is 0 Å². The highest BCUT2D eigenvalue weighted by atomic mass is 15.3. The summed E-state index contributed by atoms with van der Waals surface area (Å²) >= 11 is 0. The van der Waals surface area contributed by atoms with Crippen LogP contribution in [-0.2, 0) is 13.5 Å². The van der Waals surface area contributed by atoms with E-state index < -0.39 is 0 Å². The number of aryl methyl sites for hydroxylation is 1. The van der Waals surface area contributed by atoms with Crippen molar-refractivity contribution in [3.8, 4) is 0 Å². The van der Waals surface area contributed by atoms with Gasteiger partial charge in [-0.05, 0) is 20.0 Å². The molecule has 0 aliphatic carbocycles. The minimum atomic E-state index is 0.668. The number of likely N-dealkylation sites (tertiary alicyclic amines) is 1. The molecule has 0 bridgehead atoms. The van der Waals surface area contributed by atoms with Crippen LogP contribution in [0, 0.1) is 0 Å². The molecule has 2 rings (SSSR count). The van der Waals surface area contributed by atoms with E-state index in [9.17, 15) is 0 Å². The first-order valence-electron chi connectivity index (χ1n) is 5.52. The van der Waals surface area contributed by atoms with Crippen molar-refractivity contribution in [3.05, 3.63) is 12.2 Å². The van der Waals surface area contributed by atoms with E-state index >= 15 is 0 Å². The molecule has 1 aliphatic heterocycles. The maximum absolute atomic E-state index is 4.27. The van der Waals surface area contributed by atoms with Crippen molar-refractivity contribution in [2.24, 2.45) is 7.05 Å². The summed E-state index contributed by atoms with van der Waals surface area (Å²) in [6.07, 6.45) is 3.97. The molecule has 1 aromatic rings. The van der Waals surface area contributed by atoms with Gasteiger partial charge in [0.15, 0.2) is 5.82 Å².